The molecule has 1 aromatic carbocycles. The van der Waals surface area contributed by atoms with Gasteiger partial charge in [0.25, 0.3) is 0 Å². The number of sulfone groups is 1. The number of imidazole rings is 1. The molecule has 0 unspecified atom stereocenters. The normalized spacial score (nSPS) is 12.4. The maximum absolute atomic E-state index is 13.2. The molecule has 10 heteroatoms. The van der Waals surface area contributed by atoms with Gasteiger partial charge in [0.15, 0.2) is 0 Å². The molecule has 0 fully saturated rings. The van der Waals surface area contributed by atoms with E-state index in [1.165, 1.54) is 0 Å². The Balaban J connectivity index is 2.38. The van der Waals surface area contributed by atoms with Crippen LogP contribution in [0.1, 0.15) is 51.9 Å². The lowest BCUT2D eigenvalue weighted by Gasteiger charge is -2.30. The molecule has 2 amide bonds. The van der Waals surface area contributed by atoms with Crippen molar-refractivity contribution in [3.63, 3.8) is 0 Å². The van der Waals surface area contributed by atoms with Gasteiger partial charge in [-0.2, -0.15) is 0 Å². The third-order valence-electron chi connectivity index (χ3n) is 4.82. The Morgan fingerprint density at radius 2 is 1.88 bits per heavy atom. The van der Waals surface area contributed by atoms with E-state index in [2.05, 4.69) is 10.3 Å². The van der Waals surface area contributed by atoms with Gasteiger partial charge in [-0.15, -0.1) is 0 Å². The molecule has 2 aromatic rings. The van der Waals surface area contributed by atoms with Gasteiger partial charge in [-0.1, -0.05) is 23.7 Å². The summed E-state index contributed by atoms with van der Waals surface area (Å²) >= 11 is 6.03. The van der Waals surface area contributed by atoms with Crippen LogP contribution in [0.4, 0.5) is 4.79 Å². The highest BCUT2D eigenvalue weighted by Gasteiger charge is 2.27. The second kappa shape index (κ2) is 10.9. The van der Waals surface area contributed by atoms with Crippen molar-refractivity contribution in [2.45, 2.75) is 63.7 Å². The topological polar surface area (TPSA) is 87.5 Å². The predicted octanol–water partition coefficient (Wildman–Crippen LogP) is 3.96. The second-order valence-corrected chi connectivity index (χ2v) is 12.1. The van der Waals surface area contributed by atoms with Gasteiger partial charge in [-0.25, -0.2) is 18.2 Å². The Bertz CT molecular complexity index is 1060. The Kier molecular flexibility index (Phi) is 8.95. The standard InChI is InChI=1S/C23H36ClN5O3S/c1-17(2)29-20(15-28(12-11-27(6)7)21(30)26-23(3,4)5)14-25-22(29)33(31,32)16-18-9-8-10-19(24)13-18/h8-10,13-14,17H,11-12,15-16H2,1-7H3,(H,26,30). The lowest BCUT2D eigenvalue weighted by atomic mass is 10.1. The van der Waals surface area contributed by atoms with Crippen molar-refractivity contribution in [3.8, 4) is 0 Å². The van der Waals surface area contributed by atoms with Crippen LogP contribution in [-0.2, 0) is 22.1 Å². The zero-order valence-electron chi connectivity index (χ0n) is 20.6. The summed E-state index contributed by atoms with van der Waals surface area (Å²) < 4.78 is 28.2. The third-order valence-corrected chi connectivity index (χ3v) is 6.63. The van der Waals surface area contributed by atoms with Crippen molar-refractivity contribution >= 4 is 27.5 Å². The number of amides is 2. The van der Waals surface area contributed by atoms with Crippen LogP contribution in [0, 0.1) is 0 Å². The molecule has 0 saturated carbocycles. The first-order chi connectivity index (χ1) is 15.2. The quantitative estimate of drug-likeness (QED) is 0.566. The van der Waals surface area contributed by atoms with Crippen LogP contribution in [0.25, 0.3) is 0 Å². The number of hydrogen-bond donors (Lipinski definition) is 1. The lowest BCUT2D eigenvalue weighted by molar-refractivity contribution is 0.178. The van der Waals surface area contributed by atoms with Gasteiger partial charge < -0.3 is 19.7 Å². The van der Waals surface area contributed by atoms with Gasteiger partial charge in [-0.3, -0.25) is 0 Å². The van der Waals surface area contributed by atoms with Gasteiger partial charge in [0.1, 0.15) is 0 Å². The van der Waals surface area contributed by atoms with Crippen LogP contribution < -0.4 is 5.32 Å². The summed E-state index contributed by atoms with van der Waals surface area (Å²) in [6.07, 6.45) is 1.55. The minimum atomic E-state index is -3.73. The van der Waals surface area contributed by atoms with E-state index in [9.17, 15) is 13.2 Å². The fraction of sp³-hybridized carbons (Fsp3) is 0.565. The molecule has 33 heavy (non-hydrogen) atoms. The number of nitrogens with zero attached hydrogens (tertiary/aromatic N) is 4. The highest BCUT2D eigenvalue weighted by atomic mass is 35.5. The molecular formula is C23H36ClN5O3S. The fourth-order valence-electron chi connectivity index (χ4n) is 3.36. The monoisotopic (exact) mass is 497 g/mol. The number of nitrogens with one attached hydrogen (secondary N) is 1. The second-order valence-electron chi connectivity index (χ2n) is 9.79. The SMILES string of the molecule is CC(C)n1c(CN(CCN(C)C)C(=O)NC(C)(C)C)cnc1S(=O)(=O)Cc1cccc(Cl)c1. The summed E-state index contributed by atoms with van der Waals surface area (Å²) in [6, 6.07) is 6.44. The van der Waals surface area contributed by atoms with E-state index < -0.39 is 15.4 Å². The van der Waals surface area contributed by atoms with Crippen molar-refractivity contribution in [3.05, 3.63) is 46.7 Å². The molecule has 0 radical (unpaired) electrons. The van der Waals surface area contributed by atoms with Crippen molar-refractivity contribution < 1.29 is 13.2 Å². The molecule has 1 heterocycles. The Labute approximate surface area is 202 Å². The van der Waals surface area contributed by atoms with E-state index in [0.29, 0.717) is 29.4 Å². The summed E-state index contributed by atoms with van der Waals surface area (Å²) in [7, 11) is 0.157. The number of likely N-dealkylation sites (N-methyl/N-ethyl adjacent to an activating group) is 1. The number of rotatable bonds is 9. The van der Waals surface area contributed by atoms with Crippen molar-refractivity contribution in [2.24, 2.45) is 0 Å². The molecule has 8 nitrogen and oxygen atoms in total. The highest BCUT2D eigenvalue weighted by Crippen LogP contribution is 2.24. The summed E-state index contributed by atoms with van der Waals surface area (Å²) in [4.78, 5) is 20.9. The Hall–Kier alpha value is -2.10. The maximum atomic E-state index is 13.2. The minimum absolute atomic E-state index is 0.00346. The van der Waals surface area contributed by atoms with Gasteiger partial charge in [0.05, 0.1) is 24.2 Å². The molecule has 0 aliphatic carbocycles. The summed E-state index contributed by atoms with van der Waals surface area (Å²) in [5.74, 6) is -0.203. The van der Waals surface area contributed by atoms with Crippen LogP contribution in [-0.4, -0.2) is 66.5 Å². The maximum Gasteiger partial charge on any atom is 0.318 e. The molecule has 1 aromatic heterocycles. The summed E-state index contributed by atoms with van der Waals surface area (Å²) in [5.41, 5.74) is 0.869. The average molecular weight is 498 g/mol. The molecule has 2 rings (SSSR count). The molecule has 184 valence electrons. The minimum Gasteiger partial charge on any atom is -0.333 e. The zero-order valence-corrected chi connectivity index (χ0v) is 22.2. The molecule has 0 saturated heterocycles. The van der Waals surface area contributed by atoms with Gasteiger partial charge in [0, 0.05) is 29.7 Å². The van der Waals surface area contributed by atoms with Gasteiger partial charge in [0.2, 0.25) is 15.0 Å². The van der Waals surface area contributed by atoms with Crippen LogP contribution in [0.15, 0.2) is 35.6 Å². The molecular weight excluding hydrogens is 462 g/mol. The highest BCUT2D eigenvalue weighted by molar-refractivity contribution is 7.90. The third kappa shape index (κ3) is 8.01. The Morgan fingerprint density at radius 3 is 2.42 bits per heavy atom. The molecule has 1 N–H and O–H groups in total. The van der Waals surface area contributed by atoms with E-state index >= 15 is 0 Å². The number of urea groups is 1. The molecule has 0 bridgehead atoms. The van der Waals surface area contributed by atoms with Gasteiger partial charge >= 0.3 is 6.03 Å². The van der Waals surface area contributed by atoms with E-state index in [4.69, 9.17) is 11.6 Å². The van der Waals surface area contributed by atoms with E-state index in [1.54, 1.807) is 39.9 Å². The lowest BCUT2D eigenvalue weighted by Crippen LogP contribution is -2.49. The Morgan fingerprint density at radius 1 is 1.21 bits per heavy atom. The van der Waals surface area contributed by atoms with Crippen molar-refractivity contribution in [1.29, 1.82) is 0 Å². The molecule has 0 aliphatic rings. The number of aromatic nitrogens is 2. The first-order valence-corrected chi connectivity index (χ1v) is 13.0. The van der Waals surface area contributed by atoms with E-state index in [1.807, 2.05) is 53.6 Å². The smallest absolute Gasteiger partial charge is 0.318 e. The zero-order chi connectivity index (χ0) is 25.0. The number of carbonyl (C=O) groups excluding carboxylic acids is 1. The van der Waals surface area contributed by atoms with Crippen molar-refractivity contribution in [1.82, 2.24) is 24.7 Å². The summed E-state index contributed by atoms with van der Waals surface area (Å²) in [5, 5.41) is 3.47. The molecule has 0 atom stereocenters. The fourth-order valence-corrected chi connectivity index (χ4v) is 5.16. The first-order valence-electron chi connectivity index (χ1n) is 10.9. The first kappa shape index (κ1) is 27.1. The van der Waals surface area contributed by atoms with E-state index in [0.717, 1.165) is 0 Å². The number of carbonyl (C=O) groups is 1. The van der Waals surface area contributed by atoms with Crippen LogP contribution >= 0.6 is 11.6 Å². The number of benzene rings is 1. The average Bonchev–Trinajstić information content (AvgIpc) is 3.08. The largest absolute Gasteiger partial charge is 0.333 e. The summed E-state index contributed by atoms with van der Waals surface area (Å²) in [6.45, 7) is 11.0. The molecule has 0 spiro atoms. The number of hydrogen-bond acceptors (Lipinski definition) is 5. The van der Waals surface area contributed by atoms with Gasteiger partial charge in [-0.05, 0) is 66.4 Å². The van der Waals surface area contributed by atoms with Crippen LogP contribution in [0.2, 0.25) is 5.02 Å². The van der Waals surface area contributed by atoms with Crippen LogP contribution in [0.5, 0.6) is 0 Å². The van der Waals surface area contributed by atoms with Crippen molar-refractivity contribution in [2.75, 3.05) is 27.2 Å². The van der Waals surface area contributed by atoms with E-state index in [-0.39, 0.29) is 29.5 Å². The number of halogens is 1. The van der Waals surface area contributed by atoms with Crippen LogP contribution in [0.3, 0.4) is 0 Å². The molecule has 0 aliphatic heterocycles. The predicted molar refractivity (Wildman–Crippen MR) is 132 cm³/mol.